The number of anilines is 1. The number of piperazine rings is 1. The van der Waals surface area contributed by atoms with E-state index >= 15 is 0 Å². The monoisotopic (exact) mass is 296 g/mol. The molecule has 0 radical (unpaired) electrons. The van der Waals surface area contributed by atoms with Gasteiger partial charge in [-0.25, -0.2) is 4.68 Å². The van der Waals surface area contributed by atoms with Crippen LogP contribution >= 0.6 is 0 Å². The van der Waals surface area contributed by atoms with Crippen molar-refractivity contribution in [1.29, 1.82) is 0 Å². The predicted molar refractivity (Wildman–Crippen MR) is 81.6 cm³/mol. The van der Waals surface area contributed by atoms with Crippen LogP contribution in [0, 0.1) is 10.1 Å². The molecule has 0 amide bonds. The van der Waals surface area contributed by atoms with Crippen molar-refractivity contribution in [3.8, 4) is 0 Å². The van der Waals surface area contributed by atoms with Gasteiger partial charge in [-0.2, -0.15) is 5.10 Å². The molecule has 1 fully saturated rings. The second-order valence-corrected chi connectivity index (χ2v) is 5.66. The minimum Gasteiger partial charge on any atom is -0.363 e. The van der Waals surface area contributed by atoms with Gasteiger partial charge in [-0.05, 0) is 20.5 Å². The van der Waals surface area contributed by atoms with Crippen molar-refractivity contribution < 1.29 is 4.92 Å². The zero-order chi connectivity index (χ0) is 15.6. The van der Waals surface area contributed by atoms with Gasteiger partial charge in [0.15, 0.2) is 0 Å². The standard InChI is InChI=1S/C13H24N6O2/c1-5-11-12(19(20)21)13(18(4)15-11)14-8-10-9-16(2)6-7-17(10)3/h10,14H,5-9H2,1-4H3. The van der Waals surface area contributed by atoms with Crippen LogP contribution in [0.1, 0.15) is 12.6 Å². The second-order valence-electron chi connectivity index (χ2n) is 5.66. The van der Waals surface area contributed by atoms with Gasteiger partial charge in [0, 0.05) is 39.3 Å². The molecule has 1 saturated heterocycles. The Labute approximate surface area is 124 Å². The van der Waals surface area contributed by atoms with Crippen molar-refractivity contribution in [3.63, 3.8) is 0 Å². The molecule has 0 aromatic carbocycles. The van der Waals surface area contributed by atoms with Crippen LogP contribution in [0.4, 0.5) is 11.5 Å². The van der Waals surface area contributed by atoms with Gasteiger partial charge in [0.05, 0.1) is 4.92 Å². The molecule has 118 valence electrons. The van der Waals surface area contributed by atoms with E-state index in [1.807, 2.05) is 6.92 Å². The summed E-state index contributed by atoms with van der Waals surface area (Å²) in [5.74, 6) is 0.499. The SMILES string of the molecule is CCc1nn(C)c(NCC2CN(C)CCN2C)c1[N+](=O)[O-]. The van der Waals surface area contributed by atoms with Crippen LogP contribution in [-0.4, -0.2) is 70.8 Å². The summed E-state index contributed by atoms with van der Waals surface area (Å²) in [6.45, 7) is 5.57. The Morgan fingerprint density at radius 2 is 2.10 bits per heavy atom. The molecule has 1 atom stereocenters. The van der Waals surface area contributed by atoms with Crippen LogP contribution in [0.15, 0.2) is 0 Å². The van der Waals surface area contributed by atoms with Crippen molar-refractivity contribution in [2.75, 3.05) is 45.6 Å². The normalized spacial score (nSPS) is 20.7. The molecule has 0 spiro atoms. The fourth-order valence-electron chi connectivity index (χ4n) is 2.73. The van der Waals surface area contributed by atoms with Gasteiger partial charge >= 0.3 is 5.69 Å². The fourth-order valence-corrected chi connectivity index (χ4v) is 2.73. The summed E-state index contributed by atoms with van der Waals surface area (Å²) in [6.07, 6.45) is 0.553. The number of likely N-dealkylation sites (N-methyl/N-ethyl adjacent to an activating group) is 2. The van der Waals surface area contributed by atoms with Crippen molar-refractivity contribution in [2.45, 2.75) is 19.4 Å². The van der Waals surface area contributed by atoms with E-state index in [1.54, 1.807) is 11.7 Å². The third-order valence-corrected chi connectivity index (χ3v) is 4.09. The summed E-state index contributed by atoms with van der Waals surface area (Å²) in [6, 6.07) is 0.336. The van der Waals surface area contributed by atoms with E-state index in [-0.39, 0.29) is 10.6 Å². The summed E-state index contributed by atoms with van der Waals surface area (Å²) in [5.41, 5.74) is 0.630. The number of hydrogen-bond donors (Lipinski definition) is 1. The molecule has 1 aliphatic rings. The molecule has 1 aromatic rings. The number of aryl methyl sites for hydroxylation is 2. The first kappa shape index (κ1) is 15.7. The Balaban J connectivity index is 2.12. The largest absolute Gasteiger partial charge is 0.363 e. The van der Waals surface area contributed by atoms with Crippen LogP contribution < -0.4 is 5.32 Å². The predicted octanol–water partition coefficient (Wildman–Crippen LogP) is 0.548. The quantitative estimate of drug-likeness (QED) is 0.631. The molecule has 8 heteroatoms. The van der Waals surface area contributed by atoms with Gasteiger partial charge < -0.3 is 10.2 Å². The van der Waals surface area contributed by atoms with E-state index < -0.39 is 0 Å². The highest BCUT2D eigenvalue weighted by molar-refractivity contribution is 5.59. The third-order valence-electron chi connectivity index (χ3n) is 4.09. The molecule has 21 heavy (non-hydrogen) atoms. The average Bonchev–Trinajstić information content (AvgIpc) is 2.76. The van der Waals surface area contributed by atoms with Gasteiger partial charge in [0.2, 0.25) is 5.82 Å². The molecule has 2 heterocycles. The molecule has 1 unspecified atom stereocenters. The molecule has 0 bridgehead atoms. The van der Waals surface area contributed by atoms with Gasteiger partial charge in [0.1, 0.15) is 5.69 Å². The smallest absolute Gasteiger partial charge is 0.333 e. The van der Waals surface area contributed by atoms with Gasteiger partial charge in [-0.3, -0.25) is 15.0 Å². The molecule has 1 N–H and O–H groups in total. The lowest BCUT2D eigenvalue weighted by Gasteiger charge is -2.37. The van der Waals surface area contributed by atoms with Crippen molar-refractivity contribution in [2.24, 2.45) is 7.05 Å². The van der Waals surface area contributed by atoms with E-state index in [4.69, 9.17) is 0 Å². The van der Waals surface area contributed by atoms with Crippen molar-refractivity contribution >= 4 is 11.5 Å². The van der Waals surface area contributed by atoms with Crippen LogP contribution in [-0.2, 0) is 13.5 Å². The van der Waals surface area contributed by atoms with Crippen LogP contribution in [0.25, 0.3) is 0 Å². The Kier molecular flexibility index (Phi) is 4.79. The highest BCUT2D eigenvalue weighted by Crippen LogP contribution is 2.28. The number of nitrogens with zero attached hydrogens (tertiary/aromatic N) is 5. The highest BCUT2D eigenvalue weighted by Gasteiger charge is 2.27. The number of rotatable bonds is 5. The molecule has 1 aliphatic heterocycles. The van der Waals surface area contributed by atoms with Gasteiger partial charge in [0.25, 0.3) is 0 Å². The average molecular weight is 296 g/mol. The number of nitrogens with one attached hydrogen (secondary N) is 1. The zero-order valence-electron chi connectivity index (χ0n) is 13.2. The van der Waals surface area contributed by atoms with Crippen molar-refractivity contribution in [3.05, 3.63) is 15.8 Å². The third kappa shape index (κ3) is 3.33. The summed E-state index contributed by atoms with van der Waals surface area (Å²) in [7, 11) is 5.93. The maximum absolute atomic E-state index is 11.3. The van der Waals surface area contributed by atoms with E-state index in [0.717, 1.165) is 19.6 Å². The van der Waals surface area contributed by atoms with Crippen LogP contribution in [0.2, 0.25) is 0 Å². The zero-order valence-corrected chi connectivity index (χ0v) is 13.2. The lowest BCUT2D eigenvalue weighted by atomic mass is 10.2. The van der Waals surface area contributed by atoms with Crippen LogP contribution in [0.5, 0.6) is 0 Å². The first-order chi connectivity index (χ1) is 9.93. The maximum atomic E-state index is 11.3. The van der Waals surface area contributed by atoms with Gasteiger partial charge in [-0.15, -0.1) is 0 Å². The minimum absolute atomic E-state index is 0.104. The molecule has 0 aliphatic carbocycles. The number of nitro groups is 1. The molecule has 2 rings (SSSR count). The summed E-state index contributed by atoms with van der Waals surface area (Å²) in [5, 5.41) is 18.7. The Bertz CT molecular complexity index is 515. The van der Waals surface area contributed by atoms with Crippen LogP contribution in [0.3, 0.4) is 0 Å². The molecule has 0 saturated carbocycles. The molecule has 1 aromatic heterocycles. The summed E-state index contributed by atoms with van der Waals surface area (Å²) in [4.78, 5) is 15.5. The second kappa shape index (κ2) is 6.40. The lowest BCUT2D eigenvalue weighted by Crippen LogP contribution is -2.52. The highest BCUT2D eigenvalue weighted by atomic mass is 16.6. The minimum atomic E-state index is -0.342. The molecular formula is C13H24N6O2. The fraction of sp³-hybridized carbons (Fsp3) is 0.769. The topological polar surface area (TPSA) is 79.5 Å². The lowest BCUT2D eigenvalue weighted by molar-refractivity contribution is -0.384. The first-order valence-electron chi connectivity index (χ1n) is 7.27. The first-order valence-corrected chi connectivity index (χ1v) is 7.27. The Hall–Kier alpha value is -1.67. The Morgan fingerprint density at radius 1 is 1.38 bits per heavy atom. The number of aromatic nitrogens is 2. The Morgan fingerprint density at radius 3 is 2.71 bits per heavy atom. The van der Waals surface area contributed by atoms with E-state index in [1.165, 1.54) is 0 Å². The molecular weight excluding hydrogens is 272 g/mol. The molecule has 8 nitrogen and oxygen atoms in total. The van der Waals surface area contributed by atoms with E-state index in [9.17, 15) is 10.1 Å². The van der Waals surface area contributed by atoms with E-state index in [0.29, 0.717) is 30.5 Å². The van der Waals surface area contributed by atoms with Gasteiger partial charge in [-0.1, -0.05) is 6.92 Å². The van der Waals surface area contributed by atoms with Crippen molar-refractivity contribution in [1.82, 2.24) is 19.6 Å². The number of hydrogen-bond acceptors (Lipinski definition) is 6. The van der Waals surface area contributed by atoms with E-state index in [2.05, 4.69) is 34.3 Å². The summed E-state index contributed by atoms with van der Waals surface area (Å²) >= 11 is 0. The maximum Gasteiger partial charge on any atom is 0.333 e. The summed E-state index contributed by atoms with van der Waals surface area (Å²) < 4.78 is 1.57.